The fourth-order valence-electron chi connectivity index (χ4n) is 3.73. The van der Waals surface area contributed by atoms with E-state index in [1.807, 2.05) is 30.0 Å². The standard InChI is InChI=1S/C24H30FNO3/c1-17-15-18(5-10-21(17)29-16-23(2,3)28)22(27)26-13-11-24(4,12-14-26)19-6-8-20(25)9-7-19/h5-10,15,28H,11-14,16H2,1-4H3. The van der Waals surface area contributed by atoms with Crippen LogP contribution in [0.3, 0.4) is 0 Å². The Morgan fingerprint density at radius 1 is 1.17 bits per heavy atom. The lowest BCUT2D eigenvalue weighted by molar-refractivity contribution is 0.0282. The zero-order valence-corrected chi connectivity index (χ0v) is 17.7. The van der Waals surface area contributed by atoms with E-state index in [4.69, 9.17) is 4.74 Å². The molecule has 0 saturated carbocycles. The summed E-state index contributed by atoms with van der Waals surface area (Å²) in [6, 6.07) is 12.1. The van der Waals surface area contributed by atoms with Crippen molar-refractivity contribution in [3.05, 3.63) is 65.0 Å². The summed E-state index contributed by atoms with van der Waals surface area (Å²) in [5, 5.41) is 9.82. The van der Waals surface area contributed by atoms with Gasteiger partial charge >= 0.3 is 0 Å². The molecule has 0 atom stereocenters. The molecule has 1 N–H and O–H groups in total. The highest BCUT2D eigenvalue weighted by Crippen LogP contribution is 2.35. The zero-order chi connectivity index (χ0) is 21.2. The predicted molar refractivity (Wildman–Crippen MR) is 112 cm³/mol. The molecule has 5 heteroatoms. The highest BCUT2D eigenvalue weighted by Gasteiger charge is 2.33. The van der Waals surface area contributed by atoms with Crippen LogP contribution in [0, 0.1) is 12.7 Å². The number of hydrogen-bond donors (Lipinski definition) is 1. The fraction of sp³-hybridized carbons (Fsp3) is 0.458. The molecule has 3 rings (SSSR count). The van der Waals surface area contributed by atoms with Crippen molar-refractivity contribution in [3.8, 4) is 5.75 Å². The number of amides is 1. The van der Waals surface area contributed by atoms with Gasteiger partial charge in [0.15, 0.2) is 0 Å². The minimum atomic E-state index is -0.911. The number of aliphatic hydroxyl groups is 1. The van der Waals surface area contributed by atoms with Gasteiger partial charge < -0.3 is 14.7 Å². The summed E-state index contributed by atoms with van der Waals surface area (Å²) in [5.41, 5.74) is 1.67. The van der Waals surface area contributed by atoms with Gasteiger partial charge in [0, 0.05) is 18.7 Å². The molecular weight excluding hydrogens is 369 g/mol. The molecule has 4 nitrogen and oxygen atoms in total. The van der Waals surface area contributed by atoms with E-state index < -0.39 is 5.60 Å². The minimum Gasteiger partial charge on any atom is -0.490 e. The second kappa shape index (κ2) is 8.15. The van der Waals surface area contributed by atoms with Gasteiger partial charge in [-0.1, -0.05) is 19.1 Å². The fourth-order valence-corrected chi connectivity index (χ4v) is 3.73. The first kappa shape index (κ1) is 21.3. The van der Waals surface area contributed by atoms with Crippen molar-refractivity contribution in [1.29, 1.82) is 0 Å². The van der Waals surface area contributed by atoms with Crippen LogP contribution < -0.4 is 4.74 Å². The largest absolute Gasteiger partial charge is 0.490 e. The van der Waals surface area contributed by atoms with Crippen LogP contribution in [-0.4, -0.2) is 41.2 Å². The molecule has 1 heterocycles. The summed E-state index contributed by atoms with van der Waals surface area (Å²) in [5.74, 6) is 0.463. The van der Waals surface area contributed by atoms with Gasteiger partial charge in [0.1, 0.15) is 18.2 Å². The molecule has 1 aliphatic heterocycles. The highest BCUT2D eigenvalue weighted by molar-refractivity contribution is 5.94. The number of halogens is 1. The average Bonchev–Trinajstić information content (AvgIpc) is 2.67. The number of piperidine rings is 1. The Hall–Kier alpha value is -2.40. The summed E-state index contributed by atoms with van der Waals surface area (Å²) < 4.78 is 18.9. The quantitative estimate of drug-likeness (QED) is 0.807. The van der Waals surface area contributed by atoms with Crippen molar-refractivity contribution < 1.29 is 19.0 Å². The molecular formula is C24H30FNO3. The molecule has 1 saturated heterocycles. The highest BCUT2D eigenvalue weighted by atomic mass is 19.1. The SMILES string of the molecule is Cc1cc(C(=O)N2CCC(C)(c3ccc(F)cc3)CC2)ccc1OCC(C)(C)O. The first-order valence-corrected chi connectivity index (χ1v) is 10.1. The summed E-state index contributed by atoms with van der Waals surface area (Å²) in [6.45, 7) is 8.99. The molecule has 2 aromatic carbocycles. The minimum absolute atomic E-state index is 0.0169. The molecule has 0 bridgehead atoms. The Labute approximate surface area is 172 Å². The van der Waals surface area contributed by atoms with Gasteiger partial charge in [0.2, 0.25) is 0 Å². The number of benzene rings is 2. The molecule has 1 aliphatic rings. The number of rotatable bonds is 5. The predicted octanol–water partition coefficient (Wildman–Crippen LogP) is 4.48. The molecule has 1 fully saturated rings. The molecule has 0 unspecified atom stereocenters. The number of carbonyl (C=O) groups excluding carboxylic acids is 1. The van der Waals surface area contributed by atoms with Crippen LogP contribution >= 0.6 is 0 Å². The van der Waals surface area contributed by atoms with Crippen molar-refractivity contribution >= 4 is 5.91 Å². The van der Waals surface area contributed by atoms with Crippen LogP contribution in [0.4, 0.5) is 4.39 Å². The van der Waals surface area contributed by atoms with Gasteiger partial charge in [0.25, 0.3) is 5.91 Å². The van der Waals surface area contributed by atoms with E-state index >= 15 is 0 Å². The Morgan fingerprint density at radius 2 is 1.79 bits per heavy atom. The van der Waals surface area contributed by atoms with E-state index in [0.717, 1.165) is 24.0 Å². The van der Waals surface area contributed by atoms with Gasteiger partial charge in [0.05, 0.1) is 5.60 Å². The van der Waals surface area contributed by atoms with Crippen molar-refractivity contribution in [3.63, 3.8) is 0 Å². The van der Waals surface area contributed by atoms with Crippen molar-refractivity contribution in [2.75, 3.05) is 19.7 Å². The summed E-state index contributed by atoms with van der Waals surface area (Å²) in [7, 11) is 0. The van der Waals surface area contributed by atoms with E-state index in [9.17, 15) is 14.3 Å². The van der Waals surface area contributed by atoms with Gasteiger partial charge in [-0.05, 0) is 80.5 Å². The van der Waals surface area contributed by atoms with E-state index in [0.29, 0.717) is 24.4 Å². The second-order valence-electron chi connectivity index (χ2n) is 8.94. The second-order valence-corrected chi connectivity index (χ2v) is 8.94. The number of nitrogens with zero attached hydrogens (tertiary/aromatic N) is 1. The van der Waals surface area contributed by atoms with Crippen molar-refractivity contribution in [2.45, 2.75) is 51.6 Å². The lowest BCUT2D eigenvalue weighted by Gasteiger charge is -2.40. The Morgan fingerprint density at radius 3 is 2.34 bits per heavy atom. The van der Waals surface area contributed by atoms with Crippen LogP contribution in [0.1, 0.15) is 55.1 Å². The third-order valence-electron chi connectivity index (χ3n) is 5.70. The number of likely N-dealkylation sites (tertiary alicyclic amines) is 1. The van der Waals surface area contributed by atoms with E-state index in [1.54, 1.807) is 26.0 Å². The van der Waals surface area contributed by atoms with Gasteiger partial charge in [-0.25, -0.2) is 4.39 Å². The zero-order valence-electron chi connectivity index (χ0n) is 17.7. The lowest BCUT2D eigenvalue weighted by Crippen LogP contribution is -2.44. The van der Waals surface area contributed by atoms with Gasteiger partial charge in [-0.15, -0.1) is 0 Å². The molecule has 0 aliphatic carbocycles. The van der Waals surface area contributed by atoms with Crippen LogP contribution in [0.15, 0.2) is 42.5 Å². The maximum absolute atomic E-state index is 13.2. The first-order valence-electron chi connectivity index (χ1n) is 10.1. The first-order chi connectivity index (χ1) is 13.6. The number of aryl methyl sites for hydroxylation is 1. The topological polar surface area (TPSA) is 49.8 Å². The number of carbonyl (C=O) groups is 1. The maximum atomic E-state index is 13.2. The lowest BCUT2D eigenvalue weighted by atomic mass is 9.74. The van der Waals surface area contributed by atoms with Crippen LogP contribution in [0.2, 0.25) is 0 Å². The summed E-state index contributed by atoms with van der Waals surface area (Å²) >= 11 is 0. The number of hydrogen-bond acceptors (Lipinski definition) is 3. The third-order valence-corrected chi connectivity index (χ3v) is 5.70. The Bertz CT molecular complexity index is 863. The van der Waals surface area contributed by atoms with Crippen LogP contribution in [0.25, 0.3) is 0 Å². The molecule has 0 spiro atoms. The maximum Gasteiger partial charge on any atom is 0.253 e. The Balaban J connectivity index is 1.64. The molecule has 2 aromatic rings. The monoisotopic (exact) mass is 399 g/mol. The van der Waals surface area contributed by atoms with Crippen molar-refractivity contribution in [2.24, 2.45) is 0 Å². The molecule has 1 amide bonds. The summed E-state index contributed by atoms with van der Waals surface area (Å²) in [6.07, 6.45) is 1.69. The van der Waals surface area contributed by atoms with Crippen molar-refractivity contribution in [1.82, 2.24) is 4.90 Å². The molecule has 0 aromatic heterocycles. The van der Waals surface area contributed by atoms with Crippen LogP contribution in [-0.2, 0) is 5.41 Å². The van der Waals surface area contributed by atoms with E-state index in [1.165, 1.54) is 12.1 Å². The summed E-state index contributed by atoms with van der Waals surface area (Å²) in [4.78, 5) is 14.9. The normalized spacial score (nSPS) is 16.6. The smallest absolute Gasteiger partial charge is 0.253 e. The number of ether oxygens (including phenoxy) is 1. The molecule has 156 valence electrons. The Kier molecular flexibility index (Phi) is 5.99. The molecule has 0 radical (unpaired) electrons. The van der Waals surface area contributed by atoms with Crippen LogP contribution in [0.5, 0.6) is 5.75 Å². The van der Waals surface area contributed by atoms with Gasteiger partial charge in [-0.3, -0.25) is 4.79 Å². The van der Waals surface area contributed by atoms with E-state index in [-0.39, 0.29) is 23.7 Å². The third kappa shape index (κ3) is 5.15. The van der Waals surface area contributed by atoms with E-state index in [2.05, 4.69) is 6.92 Å². The molecule has 29 heavy (non-hydrogen) atoms. The average molecular weight is 400 g/mol. The van der Waals surface area contributed by atoms with Gasteiger partial charge in [-0.2, -0.15) is 0 Å².